The zero-order valence-corrected chi connectivity index (χ0v) is 17.8. The van der Waals surface area contributed by atoms with Crippen molar-refractivity contribution in [2.75, 3.05) is 6.54 Å². The van der Waals surface area contributed by atoms with Gasteiger partial charge in [-0.25, -0.2) is 8.42 Å². The van der Waals surface area contributed by atoms with Crippen LogP contribution in [0.2, 0.25) is 0 Å². The minimum absolute atomic E-state index is 0.0591. The maximum atomic E-state index is 12.9. The van der Waals surface area contributed by atoms with Crippen molar-refractivity contribution in [3.05, 3.63) is 64.7 Å². The lowest BCUT2D eigenvalue weighted by Crippen LogP contribution is -2.42. The highest BCUT2D eigenvalue weighted by molar-refractivity contribution is 7.89. The highest BCUT2D eigenvalue weighted by Gasteiger charge is 2.27. The lowest BCUT2D eigenvalue weighted by molar-refractivity contribution is -0.138. The first-order valence-electron chi connectivity index (χ1n) is 9.79. The Bertz CT molecular complexity index is 1090. The second-order valence-electron chi connectivity index (χ2n) is 7.77. The van der Waals surface area contributed by atoms with E-state index in [-0.39, 0.29) is 11.3 Å². The highest BCUT2D eigenvalue weighted by atomic mass is 32.2. The van der Waals surface area contributed by atoms with E-state index in [2.05, 4.69) is 23.5 Å². The van der Waals surface area contributed by atoms with Crippen LogP contribution < -0.4 is 4.72 Å². The van der Waals surface area contributed by atoms with Crippen LogP contribution in [0.25, 0.3) is 0 Å². The number of hydrogen-bond donors (Lipinski definition) is 2. The summed E-state index contributed by atoms with van der Waals surface area (Å²) in [5, 5.41) is 18.6. The van der Waals surface area contributed by atoms with E-state index in [9.17, 15) is 18.3 Å². The molecule has 30 heavy (non-hydrogen) atoms. The fraction of sp³-hybridized carbons (Fsp3) is 0.364. The zero-order valence-electron chi connectivity index (χ0n) is 17.0. The second-order valence-corrected chi connectivity index (χ2v) is 9.49. The molecule has 0 fully saturated rings. The van der Waals surface area contributed by atoms with E-state index in [4.69, 9.17) is 5.26 Å². The summed E-state index contributed by atoms with van der Waals surface area (Å²) in [6, 6.07) is 12.5. The van der Waals surface area contributed by atoms with Gasteiger partial charge in [0.15, 0.2) is 0 Å². The largest absolute Gasteiger partial charge is 0.480 e. The summed E-state index contributed by atoms with van der Waals surface area (Å²) in [5.74, 6) is -1.27. The van der Waals surface area contributed by atoms with Gasteiger partial charge in [-0.05, 0) is 67.6 Å². The molecule has 2 aromatic carbocycles. The van der Waals surface area contributed by atoms with E-state index in [0.717, 1.165) is 24.1 Å². The molecular formula is C22H25N3O4S. The van der Waals surface area contributed by atoms with Crippen LogP contribution in [0.5, 0.6) is 0 Å². The molecule has 0 saturated carbocycles. The smallest absolute Gasteiger partial charge is 0.322 e. The molecule has 1 aliphatic rings. The predicted molar refractivity (Wildman–Crippen MR) is 112 cm³/mol. The number of nitrogens with zero attached hydrogens (tertiary/aromatic N) is 2. The van der Waals surface area contributed by atoms with Gasteiger partial charge >= 0.3 is 5.97 Å². The number of sulfonamides is 1. The van der Waals surface area contributed by atoms with Crippen LogP contribution in [-0.2, 0) is 34.2 Å². The Hall–Kier alpha value is -2.73. The molecule has 0 bridgehead atoms. The number of fused-ring (bicyclic) bond motifs is 1. The maximum Gasteiger partial charge on any atom is 0.322 e. The van der Waals surface area contributed by atoms with Gasteiger partial charge in [-0.1, -0.05) is 18.2 Å². The molecule has 0 spiro atoms. The van der Waals surface area contributed by atoms with Crippen LogP contribution >= 0.6 is 0 Å². The number of nitriles is 1. The van der Waals surface area contributed by atoms with Crippen LogP contribution in [0.1, 0.15) is 36.1 Å². The number of rotatable bonds is 7. The third-order valence-electron chi connectivity index (χ3n) is 5.35. The zero-order chi connectivity index (χ0) is 21.9. The number of hydrogen-bond acceptors (Lipinski definition) is 5. The molecule has 7 nitrogen and oxygen atoms in total. The Morgan fingerprint density at radius 2 is 2.00 bits per heavy atom. The number of benzene rings is 2. The molecule has 1 aliphatic heterocycles. The second kappa shape index (κ2) is 8.96. The minimum Gasteiger partial charge on any atom is -0.480 e. The quantitative estimate of drug-likeness (QED) is 0.702. The van der Waals surface area contributed by atoms with E-state index in [0.29, 0.717) is 23.7 Å². The fourth-order valence-electron chi connectivity index (χ4n) is 3.60. The third-order valence-corrected chi connectivity index (χ3v) is 6.82. The number of carboxylic acid groups (broad SMARTS) is 1. The highest BCUT2D eigenvalue weighted by Crippen LogP contribution is 2.24. The predicted octanol–water partition coefficient (Wildman–Crippen LogP) is 2.30. The molecule has 0 aliphatic carbocycles. The van der Waals surface area contributed by atoms with Crippen molar-refractivity contribution in [3.8, 4) is 6.07 Å². The van der Waals surface area contributed by atoms with Crippen molar-refractivity contribution in [1.29, 1.82) is 5.26 Å². The first kappa shape index (κ1) is 22.0. The topological polar surface area (TPSA) is 111 Å². The summed E-state index contributed by atoms with van der Waals surface area (Å²) in [6.45, 7) is 5.80. The van der Waals surface area contributed by atoms with Gasteiger partial charge in [0.1, 0.15) is 6.04 Å². The summed E-state index contributed by atoms with van der Waals surface area (Å²) in [6.07, 6.45) is 0.796. The third kappa shape index (κ3) is 5.05. The molecule has 158 valence electrons. The van der Waals surface area contributed by atoms with E-state index in [1.54, 1.807) is 30.3 Å². The molecule has 2 N–H and O–H groups in total. The van der Waals surface area contributed by atoms with Crippen molar-refractivity contribution in [3.63, 3.8) is 0 Å². The van der Waals surface area contributed by atoms with Crippen LogP contribution in [0, 0.1) is 11.3 Å². The number of carboxylic acids is 1. The Kier molecular flexibility index (Phi) is 6.56. The molecule has 3 rings (SSSR count). The Morgan fingerprint density at radius 3 is 2.67 bits per heavy atom. The Balaban J connectivity index is 1.82. The summed E-state index contributed by atoms with van der Waals surface area (Å²) in [4.78, 5) is 14.1. The van der Waals surface area contributed by atoms with Gasteiger partial charge in [0, 0.05) is 19.1 Å². The molecule has 0 unspecified atom stereocenters. The first-order valence-corrected chi connectivity index (χ1v) is 11.3. The van der Waals surface area contributed by atoms with E-state index >= 15 is 0 Å². The van der Waals surface area contributed by atoms with Crippen molar-refractivity contribution in [2.45, 2.75) is 50.2 Å². The van der Waals surface area contributed by atoms with Crippen LogP contribution in [0.4, 0.5) is 0 Å². The van der Waals surface area contributed by atoms with Crippen molar-refractivity contribution in [2.24, 2.45) is 0 Å². The number of nitrogens with one attached hydrogen (secondary N) is 1. The van der Waals surface area contributed by atoms with Gasteiger partial charge in [0.2, 0.25) is 10.0 Å². The molecule has 1 heterocycles. The van der Waals surface area contributed by atoms with Crippen LogP contribution in [0.15, 0.2) is 47.4 Å². The fourth-order valence-corrected chi connectivity index (χ4v) is 4.84. The average molecular weight is 428 g/mol. The molecule has 2 aromatic rings. The molecule has 0 amide bonds. The molecule has 8 heteroatoms. The van der Waals surface area contributed by atoms with Crippen molar-refractivity contribution < 1.29 is 18.3 Å². The van der Waals surface area contributed by atoms with Crippen molar-refractivity contribution in [1.82, 2.24) is 9.62 Å². The molecular weight excluding hydrogens is 402 g/mol. The van der Waals surface area contributed by atoms with Crippen LogP contribution in [-0.4, -0.2) is 43.0 Å². The Labute approximate surface area is 177 Å². The monoisotopic (exact) mass is 427 g/mol. The lowest BCUT2D eigenvalue weighted by Gasteiger charge is -2.32. The van der Waals surface area contributed by atoms with E-state index < -0.39 is 22.0 Å². The van der Waals surface area contributed by atoms with Gasteiger partial charge in [-0.2, -0.15) is 9.98 Å². The number of carbonyl (C=O) groups is 1. The molecule has 1 atom stereocenters. The van der Waals surface area contributed by atoms with Gasteiger partial charge in [-0.3, -0.25) is 9.69 Å². The van der Waals surface area contributed by atoms with Gasteiger partial charge in [0.05, 0.1) is 16.5 Å². The molecule has 0 saturated heterocycles. The summed E-state index contributed by atoms with van der Waals surface area (Å²) in [7, 11) is -4.03. The maximum absolute atomic E-state index is 12.9. The van der Waals surface area contributed by atoms with Gasteiger partial charge < -0.3 is 5.11 Å². The van der Waals surface area contributed by atoms with Gasteiger partial charge in [-0.15, -0.1) is 0 Å². The van der Waals surface area contributed by atoms with Crippen LogP contribution in [0.3, 0.4) is 0 Å². The average Bonchev–Trinajstić information content (AvgIpc) is 2.72. The molecule has 0 aromatic heterocycles. The summed E-state index contributed by atoms with van der Waals surface area (Å²) >= 11 is 0. The lowest BCUT2D eigenvalue weighted by atomic mass is 9.99. The standard InChI is InChI=1S/C22H25N3O4S/c1-15(2)25-9-8-18-6-7-20(12-19(18)14-25)30(28,29)24-21(22(26)27)11-16-4-3-5-17(10-16)13-23/h3-7,10,12,15,21,24H,8-9,11,14H2,1-2H3,(H,26,27)/t21-/m0/s1. The SMILES string of the molecule is CC(C)N1CCc2ccc(S(=O)(=O)N[C@@H](Cc3cccc(C#N)c3)C(=O)O)cc2C1. The van der Waals surface area contributed by atoms with E-state index in [1.807, 2.05) is 12.1 Å². The first-order chi connectivity index (χ1) is 14.2. The van der Waals surface area contributed by atoms with Gasteiger partial charge in [0.25, 0.3) is 0 Å². The summed E-state index contributed by atoms with van der Waals surface area (Å²) < 4.78 is 28.2. The Morgan fingerprint density at radius 1 is 1.23 bits per heavy atom. The summed E-state index contributed by atoms with van der Waals surface area (Å²) in [5.41, 5.74) is 3.03. The van der Waals surface area contributed by atoms with E-state index in [1.165, 1.54) is 6.07 Å². The minimum atomic E-state index is -4.03. The normalized spacial score (nSPS) is 15.4. The molecule has 0 radical (unpaired) electrons. The number of aliphatic carboxylic acids is 1. The van der Waals surface area contributed by atoms with Crippen molar-refractivity contribution >= 4 is 16.0 Å².